The lowest BCUT2D eigenvalue weighted by atomic mass is 9.99. The Bertz CT molecular complexity index is 1460. The Morgan fingerprint density at radius 2 is 1.71 bits per heavy atom. The predicted octanol–water partition coefficient (Wildman–Crippen LogP) is 4.14. The number of nitrogens with one attached hydrogen (secondary N) is 1. The fourth-order valence-electron chi connectivity index (χ4n) is 3.69. The summed E-state index contributed by atoms with van der Waals surface area (Å²) in [6.07, 6.45) is 0.247. The maximum Gasteiger partial charge on any atom is 0.279 e. The molecule has 0 aliphatic carbocycles. The van der Waals surface area contributed by atoms with E-state index in [9.17, 15) is 21.2 Å². The van der Waals surface area contributed by atoms with Gasteiger partial charge in [-0.25, -0.2) is 12.8 Å². The van der Waals surface area contributed by atoms with Crippen molar-refractivity contribution < 1.29 is 26.0 Å². The second kappa shape index (κ2) is 9.67. The van der Waals surface area contributed by atoms with Crippen LogP contribution in [0.25, 0.3) is 0 Å². The third-order valence-corrected chi connectivity index (χ3v) is 8.58. The van der Waals surface area contributed by atoms with Crippen molar-refractivity contribution in [2.75, 3.05) is 17.6 Å². The van der Waals surface area contributed by atoms with Gasteiger partial charge in [-0.2, -0.15) is 17.9 Å². The summed E-state index contributed by atoms with van der Waals surface area (Å²) in [7, 11) is -6.06. The Morgan fingerprint density at radius 1 is 1.03 bits per heavy atom. The number of methoxy groups -OCH3 is 1. The van der Waals surface area contributed by atoms with Crippen LogP contribution in [0.5, 0.6) is 5.75 Å². The molecule has 1 aliphatic heterocycles. The first-order valence-electron chi connectivity index (χ1n) is 10.8. The molecule has 3 aromatic carbocycles. The van der Waals surface area contributed by atoms with Crippen LogP contribution >= 0.6 is 0 Å². The molecule has 184 valence electrons. The number of nitrogens with zero attached hydrogens (tertiary/aromatic N) is 2. The minimum Gasteiger partial charge on any atom is -0.497 e. The maximum absolute atomic E-state index is 13.5. The predicted molar refractivity (Wildman–Crippen MR) is 132 cm³/mol. The van der Waals surface area contributed by atoms with Crippen molar-refractivity contribution >= 4 is 31.4 Å². The zero-order valence-corrected chi connectivity index (χ0v) is 20.7. The number of sulfonamides is 2. The van der Waals surface area contributed by atoms with E-state index < -0.39 is 31.9 Å². The van der Waals surface area contributed by atoms with Gasteiger partial charge in [-0.3, -0.25) is 4.72 Å². The fourth-order valence-corrected chi connectivity index (χ4v) is 5.75. The van der Waals surface area contributed by atoms with Crippen LogP contribution in [-0.2, 0) is 20.0 Å². The van der Waals surface area contributed by atoms with Gasteiger partial charge in [0.2, 0.25) is 10.0 Å². The molecule has 0 saturated carbocycles. The number of halogens is 1. The van der Waals surface area contributed by atoms with Crippen LogP contribution in [0.1, 0.15) is 30.5 Å². The Morgan fingerprint density at radius 3 is 2.34 bits per heavy atom. The largest absolute Gasteiger partial charge is 0.497 e. The topological polar surface area (TPSA) is 105 Å². The van der Waals surface area contributed by atoms with Crippen molar-refractivity contribution in [3.63, 3.8) is 0 Å². The lowest BCUT2D eigenvalue weighted by Crippen LogP contribution is -2.27. The molecule has 4 rings (SSSR count). The molecule has 0 fully saturated rings. The van der Waals surface area contributed by atoms with Gasteiger partial charge in [0.15, 0.2) is 0 Å². The van der Waals surface area contributed by atoms with Gasteiger partial charge in [-0.1, -0.05) is 24.3 Å². The van der Waals surface area contributed by atoms with Gasteiger partial charge in [0.1, 0.15) is 11.6 Å². The lowest BCUT2D eigenvalue weighted by Gasteiger charge is -2.23. The Balaban J connectivity index is 1.76. The maximum atomic E-state index is 13.5. The standard InChI is InChI=1S/C24H24FN3O5S2/c1-3-34(29,30)27-20-6-4-5-18(15-20)23-16-24(17-7-11-21(33-2)12-8-17)28(26-23)35(31,32)22-13-9-19(25)10-14-22/h4-15,24,27H,3,16H2,1-2H3/t24-/m0/s1. The highest BCUT2D eigenvalue weighted by Crippen LogP contribution is 2.38. The van der Waals surface area contributed by atoms with E-state index in [0.717, 1.165) is 16.5 Å². The number of hydrogen-bond donors (Lipinski definition) is 1. The van der Waals surface area contributed by atoms with Crippen molar-refractivity contribution in [3.8, 4) is 5.75 Å². The second-order valence-corrected chi connectivity index (χ2v) is 11.7. The summed E-state index contributed by atoms with van der Waals surface area (Å²) in [4.78, 5) is -0.0909. The summed E-state index contributed by atoms with van der Waals surface area (Å²) < 4.78 is 73.1. The van der Waals surface area contributed by atoms with Crippen LogP contribution in [0.15, 0.2) is 82.8 Å². The van der Waals surface area contributed by atoms with E-state index in [1.165, 1.54) is 26.2 Å². The zero-order valence-electron chi connectivity index (χ0n) is 19.0. The molecule has 1 atom stereocenters. The zero-order chi connectivity index (χ0) is 25.2. The molecule has 0 radical (unpaired) electrons. The quantitative estimate of drug-likeness (QED) is 0.484. The molecule has 11 heteroatoms. The van der Waals surface area contributed by atoms with Crippen molar-refractivity contribution in [1.82, 2.24) is 4.41 Å². The normalized spacial score (nSPS) is 16.1. The second-order valence-electron chi connectivity index (χ2n) is 7.86. The van der Waals surface area contributed by atoms with Crippen LogP contribution in [-0.4, -0.2) is 39.8 Å². The molecular weight excluding hydrogens is 493 g/mol. The molecule has 3 aromatic rings. The van der Waals surface area contributed by atoms with Gasteiger partial charge in [0, 0.05) is 12.1 Å². The van der Waals surface area contributed by atoms with Crippen LogP contribution in [0.3, 0.4) is 0 Å². The minimum atomic E-state index is -4.12. The Hall–Kier alpha value is -3.44. The summed E-state index contributed by atoms with van der Waals surface area (Å²) in [6, 6.07) is 17.5. The van der Waals surface area contributed by atoms with E-state index >= 15 is 0 Å². The van der Waals surface area contributed by atoms with Crippen LogP contribution in [0.2, 0.25) is 0 Å². The van der Waals surface area contributed by atoms with E-state index in [2.05, 4.69) is 9.82 Å². The molecular formula is C24H24FN3O5S2. The molecule has 1 N–H and O–H groups in total. The number of hydrogen-bond acceptors (Lipinski definition) is 6. The third kappa shape index (κ3) is 5.30. The SMILES string of the molecule is CCS(=O)(=O)Nc1cccc(C2=NN(S(=O)(=O)c3ccc(F)cc3)[C@H](c3ccc(OC)cc3)C2)c1. The molecule has 1 aliphatic rings. The average Bonchev–Trinajstić information content (AvgIpc) is 3.31. The lowest BCUT2D eigenvalue weighted by molar-refractivity contribution is 0.370. The van der Waals surface area contributed by atoms with Crippen molar-refractivity contribution in [2.24, 2.45) is 5.10 Å². The third-order valence-electron chi connectivity index (χ3n) is 5.58. The van der Waals surface area contributed by atoms with Crippen molar-refractivity contribution in [2.45, 2.75) is 24.3 Å². The highest BCUT2D eigenvalue weighted by molar-refractivity contribution is 7.92. The first kappa shape index (κ1) is 24.7. The molecule has 0 amide bonds. The summed E-state index contributed by atoms with van der Waals surface area (Å²) in [5.41, 5.74) is 2.09. The van der Waals surface area contributed by atoms with Crippen LogP contribution in [0, 0.1) is 5.82 Å². The molecule has 0 aromatic heterocycles. The monoisotopic (exact) mass is 517 g/mol. The fraction of sp³-hybridized carbons (Fsp3) is 0.208. The van der Waals surface area contributed by atoms with E-state index in [0.29, 0.717) is 28.3 Å². The van der Waals surface area contributed by atoms with E-state index in [-0.39, 0.29) is 17.1 Å². The van der Waals surface area contributed by atoms with Gasteiger partial charge in [0.25, 0.3) is 10.0 Å². The molecule has 35 heavy (non-hydrogen) atoms. The molecule has 0 unspecified atom stereocenters. The van der Waals surface area contributed by atoms with E-state index in [4.69, 9.17) is 4.74 Å². The average molecular weight is 518 g/mol. The minimum absolute atomic E-state index is 0.0819. The first-order valence-corrected chi connectivity index (χ1v) is 13.8. The molecule has 0 spiro atoms. The van der Waals surface area contributed by atoms with Gasteiger partial charge >= 0.3 is 0 Å². The van der Waals surface area contributed by atoms with Crippen LogP contribution in [0.4, 0.5) is 10.1 Å². The summed E-state index contributed by atoms with van der Waals surface area (Å²) in [6.45, 7) is 1.53. The van der Waals surface area contributed by atoms with Crippen LogP contribution < -0.4 is 9.46 Å². The molecule has 0 bridgehead atoms. The summed E-state index contributed by atoms with van der Waals surface area (Å²) in [5, 5.41) is 4.45. The van der Waals surface area contributed by atoms with E-state index in [1.807, 2.05) is 0 Å². The van der Waals surface area contributed by atoms with E-state index in [1.54, 1.807) is 48.5 Å². The summed E-state index contributed by atoms with van der Waals surface area (Å²) >= 11 is 0. The Labute approximate surface area is 204 Å². The molecule has 1 heterocycles. The highest BCUT2D eigenvalue weighted by atomic mass is 32.2. The van der Waals surface area contributed by atoms with Crippen molar-refractivity contribution in [1.29, 1.82) is 0 Å². The smallest absolute Gasteiger partial charge is 0.279 e. The number of hydrazone groups is 1. The molecule has 0 saturated heterocycles. The number of ether oxygens (including phenoxy) is 1. The van der Waals surface area contributed by atoms with Gasteiger partial charge in [-0.15, -0.1) is 0 Å². The highest BCUT2D eigenvalue weighted by Gasteiger charge is 2.37. The van der Waals surface area contributed by atoms with Gasteiger partial charge in [0.05, 0.1) is 29.5 Å². The number of benzene rings is 3. The molecule has 8 nitrogen and oxygen atoms in total. The Kier molecular flexibility index (Phi) is 6.82. The number of anilines is 1. The van der Waals surface area contributed by atoms with Crippen molar-refractivity contribution in [3.05, 3.63) is 89.7 Å². The summed E-state index contributed by atoms with van der Waals surface area (Å²) in [5.74, 6) is -0.00846. The number of rotatable bonds is 8. The van der Waals surface area contributed by atoms with Gasteiger partial charge < -0.3 is 4.74 Å². The first-order chi connectivity index (χ1) is 16.6. The van der Waals surface area contributed by atoms with Gasteiger partial charge in [-0.05, 0) is 66.6 Å².